The quantitative estimate of drug-likeness (QED) is 0.455. The molecule has 90 valence electrons. The van der Waals surface area contributed by atoms with Gasteiger partial charge in [0, 0.05) is 29.3 Å². The predicted molar refractivity (Wildman–Crippen MR) is 66.9 cm³/mol. The average molecular weight is 340 g/mol. The van der Waals surface area contributed by atoms with Crippen molar-refractivity contribution in [3.63, 3.8) is 0 Å². The van der Waals surface area contributed by atoms with Gasteiger partial charge in [-0.15, -0.1) is 0 Å². The van der Waals surface area contributed by atoms with Gasteiger partial charge in [-0.25, -0.2) is 0 Å². The molecule has 0 fully saturated rings. The fourth-order valence-electron chi connectivity index (χ4n) is 1.25. The van der Waals surface area contributed by atoms with Crippen LogP contribution in [0.5, 0.6) is 0 Å². The van der Waals surface area contributed by atoms with Gasteiger partial charge in [0.1, 0.15) is 0 Å². The predicted octanol–water partition coefficient (Wildman–Crippen LogP) is 3.07. The first kappa shape index (κ1) is 16.1. The minimum atomic E-state index is -0.399. The molecule has 2 aromatic rings. The van der Waals surface area contributed by atoms with Crippen LogP contribution in [0.4, 0.5) is 5.69 Å². The molecule has 5 nitrogen and oxygen atoms in total. The van der Waals surface area contributed by atoms with Crippen LogP contribution in [0, 0.1) is 10.1 Å². The fourth-order valence-corrected chi connectivity index (χ4v) is 1.25. The second kappa shape index (κ2) is 8.22. The van der Waals surface area contributed by atoms with Gasteiger partial charge in [-0.1, -0.05) is 6.07 Å². The Morgan fingerprint density at radius 1 is 1.24 bits per heavy atom. The zero-order valence-electron chi connectivity index (χ0n) is 8.25. The number of nitrogens with zero attached hydrogens (tertiary/aromatic N) is 2. The summed E-state index contributed by atoms with van der Waals surface area (Å²) in [7, 11) is 0. The molecule has 8 heteroatoms. The second-order valence-electron chi connectivity index (χ2n) is 2.66. The van der Waals surface area contributed by atoms with E-state index in [1.165, 1.54) is 6.07 Å². The molecule has 0 bridgehead atoms. The SMILES string of the molecule is ClOCl.O=[N+]([O-])c1cccc2ncccc12.[Se]. The Balaban J connectivity index is 0.000000583. The first-order chi connectivity index (χ1) is 7.70. The van der Waals surface area contributed by atoms with Gasteiger partial charge in [0.15, 0.2) is 0 Å². The van der Waals surface area contributed by atoms with Crippen LogP contribution in [0.15, 0.2) is 36.5 Å². The molecule has 0 unspecified atom stereocenters. The molecule has 0 aliphatic rings. The van der Waals surface area contributed by atoms with E-state index < -0.39 is 4.92 Å². The van der Waals surface area contributed by atoms with E-state index in [4.69, 9.17) is 0 Å². The van der Waals surface area contributed by atoms with Crippen LogP contribution in [0.2, 0.25) is 0 Å². The first-order valence-electron chi connectivity index (χ1n) is 4.08. The summed E-state index contributed by atoms with van der Waals surface area (Å²) in [5, 5.41) is 11.2. The average Bonchev–Trinajstić information content (AvgIpc) is 2.29. The summed E-state index contributed by atoms with van der Waals surface area (Å²) >= 11 is 8.53. The van der Waals surface area contributed by atoms with E-state index in [2.05, 4.69) is 32.6 Å². The molecular formula is C9H6Cl2N2O3Se. The zero-order valence-corrected chi connectivity index (χ0v) is 11.5. The van der Waals surface area contributed by atoms with Crippen LogP contribution < -0.4 is 0 Å². The van der Waals surface area contributed by atoms with Gasteiger partial charge < -0.3 is 0 Å². The number of rotatable bonds is 1. The van der Waals surface area contributed by atoms with Crippen molar-refractivity contribution in [2.75, 3.05) is 0 Å². The van der Waals surface area contributed by atoms with Gasteiger partial charge in [-0.3, -0.25) is 15.1 Å². The Bertz CT molecular complexity index is 493. The largest absolute Gasteiger partial charge is 0.278 e. The maximum atomic E-state index is 10.6. The molecule has 0 amide bonds. The maximum absolute atomic E-state index is 10.6. The fraction of sp³-hybridized carbons (Fsp3) is 0. The molecule has 1 aromatic carbocycles. The van der Waals surface area contributed by atoms with E-state index in [-0.39, 0.29) is 22.8 Å². The molecule has 0 N–H and O–H groups in total. The molecule has 0 aliphatic heterocycles. The molecule has 1 heterocycles. The minimum Gasteiger partial charge on any atom is -0.258 e. The Morgan fingerprint density at radius 2 is 1.88 bits per heavy atom. The molecule has 0 aliphatic carbocycles. The third kappa shape index (κ3) is 4.46. The van der Waals surface area contributed by atoms with Crippen molar-refractivity contribution in [2.24, 2.45) is 0 Å². The monoisotopic (exact) mass is 340 g/mol. The molecule has 0 saturated heterocycles. The summed E-state index contributed by atoms with van der Waals surface area (Å²) in [6, 6.07) is 8.25. The minimum absolute atomic E-state index is 0. The number of aromatic nitrogens is 1. The van der Waals surface area contributed by atoms with Crippen molar-refractivity contribution in [1.29, 1.82) is 0 Å². The molecular weight excluding hydrogens is 334 g/mol. The van der Waals surface area contributed by atoms with E-state index in [0.29, 0.717) is 10.9 Å². The smallest absolute Gasteiger partial charge is 0.258 e. The van der Waals surface area contributed by atoms with Crippen molar-refractivity contribution in [1.82, 2.24) is 4.98 Å². The molecule has 2 rings (SSSR count). The third-order valence-electron chi connectivity index (χ3n) is 1.82. The van der Waals surface area contributed by atoms with Crippen molar-refractivity contribution >= 4 is 57.4 Å². The van der Waals surface area contributed by atoms with Gasteiger partial charge >= 0.3 is 0 Å². The number of hydrogen-bond donors (Lipinski definition) is 0. The first-order valence-corrected chi connectivity index (χ1v) is 4.70. The van der Waals surface area contributed by atoms with Gasteiger partial charge in [-0.05, 0) is 18.2 Å². The summed E-state index contributed by atoms with van der Waals surface area (Å²) in [5.74, 6) is 0. The number of halogens is 2. The van der Waals surface area contributed by atoms with Crippen LogP contribution in [0.1, 0.15) is 0 Å². The van der Waals surface area contributed by atoms with Crippen molar-refractivity contribution in [2.45, 2.75) is 0 Å². The van der Waals surface area contributed by atoms with Gasteiger partial charge in [0.25, 0.3) is 5.69 Å². The molecule has 1 aromatic heterocycles. The van der Waals surface area contributed by atoms with Gasteiger partial charge in [0.05, 0.1) is 39.6 Å². The number of benzene rings is 1. The van der Waals surface area contributed by atoms with E-state index in [1.54, 1.807) is 30.5 Å². The van der Waals surface area contributed by atoms with Crippen molar-refractivity contribution in [3.05, 3.63) is 46.6 Å². The van der Waals surface area contributed by atoms with Crippen molar-refractivity contribution < 1.29 is 8.77 Å². The molecule has 2 radical (unpaired) electrons. The van der Waals surface area contributed by atoms with Crippen LogP contribution in [0.3, 0.4) is 0 Å². The molecule has 0 spiro atoms. The third-order valence-corrected chi connectivity index (χ3v) is 1.82. The van der Waals surface area contributed by atoms with Crippen LogP contribution in [0.25, 0.3) is 10.9 Å². The Kier molecular flexibility index (Phi) is 7.78. The number of hydrogen-bond acceptors (Lipinski definition) is 4. The number of non-ortho nitro benzene ring substituents is 1. The second-order valence-corrected chi connectivity index (χ2v) is 3.13. The van der Waals surface area contributed by atoms with E-state index in [9.17, 15) is 10.1 Å². The van der Waals surface area contributed by atoms with Crippen molar-refractivity contribution in [3.8, 4) is 0 Å². The van der Waals surface area contributed by atoms with E-state index in [0.717, 1.165) is 0 Å². The standard InChI is InChI=1S/C9H6N2O2.Cl2O.Se/c12-11(13)9-5-1-4-8-7(9)3-2-6-10-8;1-3-2;/h1-6H;;. The summed E-state index contributed by atoms with van der Waals surface area (Å²) in [5.41, 5.74) is 0.752. The summed E-state index contributed by atoms with van der Waals surface area (Å²) in [6.07, 6.45) is 1.62. The molecule has 17 heavy (non-hydrogen) atoms. The summed E-state index contributed by atoms with van der Waals surface area (Å²) < 4.78 is 3.19. The number of nitro groups is 1. The topological polar surface area (TPSA) is 65.3 Å². The number of fused-ring (bicyclic) bond motifs is 1. The van der Waals surface area contributed by atoms with Crippen LogP contribution in [-0.2, 0) is 3.84 Å². The normalized spacial score (nSPS) is 8.82. The Labute approximate surface area is 118 Å². The van der Waals surface area contributed by atoms with Gasteiger partial charge in [0.2, 0.25) is 0 Å². The maximum Gasteiger partial charge on any atom is 0.278 e. The van der Waals surface area contributed by atoms with Crippen LogP contribution >= 0.6 is 23.7 Å². The molecule has 0 atom stereocenters. The Morgan fingerprint density at radius 3 is 2.47 bits per heavy atom. The number of pyridine rings is 1. The Hall–Kier alpha value is -0.911. The van der Waals surface area contributed by atoms with Gasteiger partial charge in [-0.2, -0.15) is 3.84 Å². The van der Waals surface area contributed by atoms with Crippen LogP contribution in [-0.4, -0.2) is 27.0 Å². The number of nitro benzene ring substituents is 1. The van der Waals surface area contributed by atoms with E-state index in [1.807, 2.05) is 0 Å². The zero-order chi connectivity index (χ0) is 12.0. The van der Waals surface area contributed by atoms with E-state index >= 15 is 0 Å². The summed E-state index contributed by atoms with van der Waals surface area (Å²) in [4.78, 5) is 14.2. The summed E-state index contributed by atoms with van der Waals surface area (Å²) in [6.45, 7) is 0. The molecule has 0 saturated carbocycles.